The molecule has 0 heterocycles. The summed E-state index contributed by atoms with van der Waals surface area (Å²) in [5, 5.41) is 0. The Morgan fingerprint density at radius 1 is 0.750 bits per heavy atom. The van der Waals surface area contributed by atoms with Gasteiger partial charge in [0.15, 0.2) is 0 Å². The average molecular weight is 376 g/mol. The first-order valence-corrected chi connectivity index (χ1v) is 7.12. The molecule has 0 aromatic carbocycles. The second-order valence-electron chi connectivity index (χ2n) is 5.16. The van der Waals surface area contributed by atoms with Crippen molar-refractivity contribution in [1.82, 2.24) is 0 Å². The highest BCUT2D eigenvalue weighted by Crippen LogP contribution is 2.53. The van der Waals surface area contributed by atoms with Gasteiger partial charge in [-0.15, -0.1) is 0 Å². The predicted molar refractivity (Wildman–Crippen MR) is 65.0 cm³/mol. The maximum Gasteiger partial charge on any atom is 0.473 e. The number of carbonyl (C=O) groups excluding carboxylic acids is 1. The van der Waals surface area contributed by atoms with Gasteiger partial charge in [0.1, 0.15) is 0 Å². The number of unbranched alkanes of at least 4 members (excludes halogenated alkanes) is 5. The van der Waals surface area contributed by atoms with Gasteiger partial charge in [0.2, 0.25) is 0 Å². The molecule has 0 aliphatic carbocycles. The molecule has 0 aliphatic rings. The van der Waals surface area contributed by atoms with Gasteiger partial charge >= 0.3 is 30.1 Å². The van der Waals surface area contributed by atoms with E-state index in [-0.39, 0.29) is 6.42 Å². The molecule has 0 spiro atoms. The average Bonchev–Trinajstić information content (AvgIpc) is 2.40. The fraction of sp³-hybridized carbons (Fsp3) is 0.923. The molecule has 0 aromatic rings. The van der Waals surface area contributed by atoms with Gasteiger partial charge in [-0.3, -0.25) is 4.79 Å². The normalized spacial score (nSPS) is 13.9. The van der Waals surface area contributed by atoms with Crippen LogP contribution in [0.25, 0.3) is 0 Å². The Hall–Kier alpha value is -1.16. The maximum absolute atomic E-state index is 13.0. The summed E-state index contributed by atoms with van der Waals surface area (Å²) in [6.45, 7) is 1.93. The zero-order chi connectivity index (χ0) is 19.2. The highest BCUT2D eigenvalue weighted by atomic mass is 19.4. The first kappa shape index (κ1) is 22.8. The van der Waals surface area contributed by atoms with Crippen LogP contribution in [0.4, 0.5) is 39.5 Å². The topological polar surface area (TPSA) is 26.3 Å². The number of esters is 1. The molecular formula is C13H17F9O2. The van der Waals surface area contributed by atoms with Crippen molar-refractivity contribution in [2.24, 2.45) is 0 Å². The molecule has 0 radical (unpaired) electrons. The van der Waals surface area contributed by atoms with E-state index in [0.717, 1.165) is 19.3 Å². The molecule has 0 saturated heterocycles. The van der Waals surface area contributed by atoms with Crippen LogP contribution in [0.3, 0.4) is 0 Å². The zero-order valence-electron chi connectivity index (χ0n) is 12.7. The second-order valence-corrected chi connectivity index (χ2v) is 5.16. The first-order valence-electron chi connectivity index (χ1n) is 7.12. The van der Waals surface area contributed by atoms with Gasteiger partial charge in [-0.2, -0.15) is 39.5 Å². The van der Waals surface area contributed by atoms with E-state index in [2.05, 4.69) is 4.74 Å². The van der Waals surface area contributed by atoms with Crippen molar-refractivity contribution in [2.75, 3.05) is 0 Å². The monoisotopic (exact) mass is 376 g/mol. The van der Waals surface area contributed by atoms with Crippen molar-refractivity contribution in [3.05, 3.63) is 0 Å². The van der Waals surface area contributed by atoms with Crippen molar-refractivity contribution in [3.63, 3.8) is 0 Å². The van der Waals surface area contributed by atoms with Gasteiger partial charge in [0, 0.05) is 6.42 Å². The van der Waals surface area contributed by atoms with Crippen LogP contribution in [0, 0.1) is 0 Å². The summed E-state index contributed by atoms with van der Waals surface area (Å²) in [6.07, 6.45) is -10.5. The summed E-state index contributed by atoms with van der Waals surface area (Å²) >= 11 is 0. The number of hydrogen-bond donors (Lipinski definition) is 0. The molecule has 0 aromatic heterocycles. The lowest BCUT2D eigenvalue weighted by atomic mass is 10.1. The molecule has 0 unspecified atom stereocenters. The molecular weight excluding hydrogens is 359 g/mol. The first-order chi connectivity index (χ1) is 10.7. The smallest absolute Gasteiger partial charge is 0.396 e. The largest absolute Gasteiger partial charge is 0.473 e. The SMILES string of the molecule is CCCCCCCCC(=O)OC(F)(F)C(F)(F)C(F)(F)C(F)(F)F. The van der Waals surface area contributed by atoms with E-state index in [0.29, 0.717) is 12.8 Å². The minimum absolute atomic E-state index is 0.0418. The van der Waals surface area contributed by atoms with Crippen molar-refractivity contribution >= 4 is 5.97 Å². The van der Waals surface area contributed by atoms with Crippen LogP contribution in [0.1, 0.15) is 51.9 Å². The molecule has 24 heavy (non-hydrogen) atoms. The van der Waals surface area contributed by atoms with Crippen LogP contribution in [-0.2, 0) is 9.53 Å². The molecule has 2 nitrogen and oxygen atoms in total. The third-order valence-corrected chi connectivity index (χ3v) is 3.09. The number of ether oxygens (including phenoxy) is 1. The Morgan fingerprint density at radius 3 is 1.67 bits per heavy atom. The van der Waals surface area contributed by atoms with Gasteiger partial charge in [-0.1, -0.05) is 39.0 Å². The highest BCUT2D eigenvalue weighted by Gasteiger charge is 2.83. The summed E-state index contributed by atoms with van der Waals surface area (Å²) in [4.78, 5) is 11.0. The van der Waals surface area contributed by atoms with E-state index in [1.54, 1.807) is 0 Å². The van der Waals surface area contributed by atoms with E-state index in [1.165, 1.54) is 0 Å². The van der Waals surface area contributed by atoms with Crippen molar-refractivity contribution in [3.8, 4) is 0 Å². The van der Waals surface area contributed by atoms with Crippen molar-refractivity contribution < 1.29 is 49.0 Å². The molecule has 0 fully saturated rings. The van der Waals surface area contributed by atoms with Crippen LogP contribution < -0.4 is 0 Å². The molecule has 0 saturated carbocycles. The lowest BCUT2D eigenvalue weighted by molar-refractivity contribution is -0.435. The van der Waals surface area contributed by atoms with Gasteiger partial charge < -0.3 is 4.74 Å². The van der Waals surface area contributed by atoms with Crippen molar-refractivity contribution in [2.45, 2.75) is 76.0 Å². The summed E-state index contributed by atoms with van der Waals surface area (Å²) in [6, 6.07) is 0. The molecule has 11 heteroatoms. The Bertz CT molecular complexity index is 405. The molecule has 0 amide bonds. The fourth-order valence-corrected chi connectivity index (χ4v) is 1.67. The van der Waals surface area contributed by atoms with E-state index >= 15 is 0 Å². The Morgan fingerprint density at radius 2 is 1.21 bits per heavy atom. The summed E-state index contributed by atoms with van der Waals surface area (Å²) in [5.74, 6) is -16.0. The predicted octanol–water partition coefficient (Wildman–Crippen LogP) is 5.71. The fourth-order valence-electron chi connectivity index (χ4n) is 1.67. The molecule has 0 bridgehead atoms. The van der Waals surface area contributed by atoms with E-state index in [9.17, 15) is 44.3 Å². The standard InChI is InChI=1S/C13H17F9O2/c1-2-3-4-5-6-7-8-9(23)24-13(21,22)11(16,17)10(14,15)12(18,19)20/h2-8H2,1H3. The van der Waals surface area contributed by atoms with Gasteiger partial charge in [0.25, 0.3) is 0 Å². The van der Waals surface area contributed by atoms with Crippen LogP contribution >= 0.6 is 0 Å². The lowest BCUT2D eigenvalue weighted by Crippen LogP contribution is -2.62. The van der Waals surface area contributed by atoms with Crippen LogP contribution in [-0.4, -0.2) is 30.1 Å². The number of rotatable bonds is 10. The number of halogens is 9. The quantitative estimate of drug-likeness (QED) is 0.278. The van der Waals surface area contributed by atoms with Crippen molar-refractivity contribution in [1.29, 1.82) is 0 Å². The van der Waals surface area contributed by atoms with Gasteiger partial charge in [-0.05, 0) is 6.42 Å². The number of hydrogen-bond acceptors (Lipinski definition) is 2. The maximum atomic E-state index is 13.0. The molecule has 144 valence electrons. The minimum Gasteiger partial charge on any atom is -0.396 e. The Labute approximate surface area is 132 Å². The minimum atomic E-state index is -7.07. The number of alkyl halides is 9. The molecule has 0 rings (SSSR count). The van der Waals surface area contributed by atoms with Crippen LogP contribution in [0.2, 0.25) is 0 Å². The lowest BCUT2D eigenvalue weighted by Gasteiger charge is -2.32. The summed E-state index contributed by atoms with van der Waals surface area (Å²) in [7, 11) is 0. The Kier molecular flexibility index (Phi) is 7.88. The zero-order valence-corrected chi connectivity index (χ0v) is 12.7. The van der Waals surface area contributed by atoms with Crippen LogP contribution in [0.5, 0.6) is 0 Å². The summed E-state index contributed by atoms with van der Waals surface area (Å²) < 4.78 is 115. The van der Waals surface area contributed by atoms with Gasteiger partial charge in [-0.25, -0.2) is 0 Å². The van der Waals surface area contributed by atoms with E-state index < -0.39 is 36.5 Å². The third kappa shape index (κ3) is 5.44. The highest BCUT2D eigenvalue weighted by molar-refractivity contribution is 5.69. The van der Waals surface area contributed by atoms with E-state index in [4.69, 9.17) is 0 Å². The molecule has 0 aliphatic heterocycles. The van der Waals surface area contributed by atoms with Gasteiger partial charge in [0.05, 0.1) is 0 Å². The molecule has 0 atom stereocenters. The third-order valence-electron chi connectivity index (χ3n) is 3.09. The van der Waals surface area contributed by atoms with Crippen LogP contribution in [0.15, 0.2) is 0 Å². The second kappa shape index (κ2) is 8.28. The van der Waals surface area contributed by atoms with E-state index in [1.807, 2.05) is 6.92 Å². The molecule has 0 N–H and O–H groups in total. The summed E-state index contributed by atoms with van der Waals surface area (Å²) in [5.41, 5.74) is 0. The number of carbonyl (C=O) groups is 1. The Balaban J connectivity index is 4.69.